The Hall–Kier alpha value is -1.01. The molecule has 0 aromatic heterocycles. The highest BCUT2D eigenvalue weighted by atomic mass is 19.1. The summed E-state index contributed by atoms with van der Waals surface area (Å²) in [4.78, 5) is 2.14. The van der Waals surface area contributed by atoms with Crippen molar-refractivity contribution in [1.82, 2.24) is 4.90 Å². The number of methoxy groups -OCH3 is 2. The normalized spacial score (nSPS) is 12.9. The molecule has 0 aliphatic carbocycles. The van der Waals surface area contributed by atoms with E-state index in [9.17, 15) is 4.39 Å². The van der Waals surface area contributed by atoms with Crippen LogP contribution < -0.4 is 5.73 Å². The van der Waals surface area contributed by atoms with Gasteiger partial charge >= 0.3 is 0 Å². The molecule has 1 rings (SSSR count). The summed E-state index contributed by atoms with van der Waals surface area (Å²) in [6, 6.07) is 5.55. The summed E-state index contributed by atoms with van der Waals surface area (Å²) in [5.74, 6) is -0.206. The Morgan fingerprint density at radius 2 is 1.95 bits per heavy atom. The number of hydrogen-bond acceptors (Lipinski definition) is 4. The van der Waals surface area contributed by atoms with E-state index in [1.54, 1.807) is 26.4 Å². The van der Waals surface area contributed by atoms with Gasteiger partial charge in [0.05, 0.1) is 13.2 Å². The van der Waals surface area contributed by atoms with E-state index in [1.165, 1.54) is 0 Å². The highest BCUT2D eigenvalue weighted by Gasteiger charge is 2.16. The molecule has 1 aromatic carbocycles. The van der Waals surface area contributed by atoms with Crippen LogP contribution in [-0.4, -0.2) is 44.9 Å². The van der Waals surface area contributed by atoms with Crippen LogP contribution in [0.4, 0.5) is 4.39 Å². The molecule has 0 radical (unpaired) electrons. The van der Waals surface area contributed by atoms with E-state index in [1.807, 2.05) is 6.07 Å². The molecular formula is C15H25FN2O2. The molecule has 0 aliphatic rings. The molecule has 0 aliphatic heterocycles. The van der Waals surface area contributed by atoms with Crippen molar-refractivity contribution in [3.8, 4) is 0 Å². The molecule has 4 nitrogen and oxygen atoms in total. The smallest absolute Gasteiger partial charge is 0.132 e. The maximum absolute atomic E-state index is 14.2. The second-order valence-corrected chi connectivity index (χ2v) is 4.86. The number of benzene rings is 1. The van der Waals surface area contributed by atoms with Gasteiger partial charge in [0, 0.05) is 51.0 Å². The van der Waals surface area contributed by atoms with Crippen LogP contribution in [0.1, 0.15) is 18.1 Å². The highest BCUT2D eigenvalue weighted by molar-refractivity contribution is 5.25. The first kappa shape index (κ1) is 17.0. The first-order valence-corrected chi connectivity index (χ1v) is 6.82. The van der Waals surface area contributed by atoms with Crippen LogP contribution >= 0.6 is 0 Å². The predicted molar refractivity (Wildman–Crippen MR) is 77.9 cm³/mol. The molecule has 1 unspecified atom stereocenters. The lowest BCUT2D eigenvalue weighted by atomic mass is 10.1. The minimum atomic E-state index is -0.206. The predicted octanol–water partition coefficient (Wildman–Crippen LogP) is 1.77. The summed E-state index contributed by atoms with van der Waals surface area (Å²) in [6.07, 6.45) is 0. The Balaban J connectivity index is 2.82. The summed E-state index contributed by atoms with van der Waals surface area (Å²) in [5, 5.41) is 0. The summed E-state index contributed by atoms with van der Waals surface area (Å²) < 4.78 is 24.5. The summed E-state index contributed by atoms with van der Waals surface area (Å²) >= 11 is 0. The summed E-state index contributed by atoms with van der Waals surface area (Å²) in [6.45, 7) is 4.73. The van der Waals surface area contributed by atoms with Gasteiger partial charge in [-0.3, -0.25) is 4.90 Å². The molecular weight excluding hydrogens is 259 g/mol. The first-order valence-electron chi connectivity index (χ1n) is 6.82. The van der Waals surface area contributed by atoms with E-state index in [2.05, 4.69) is 11.8 Å². The maximum atomic E-state index is 14.2. The molecule has 114 valence electrons. The lowest BCUT2D eigenvalue weighted by Crippen LogP contribution is -2.38. The van der Waals surface area contributed by atoms with Crippen molar-refractivity contribution in [2.75, 3.05) is 34.0 Å². The maximum Gasteiger partial charge on any atom is 0.132 e. The minimum Gasteiger partial charge on any atom is -0.383 e. The third-order valence-corrected chi connectivity index (χ3v) is 3.37. The standard InChI is InChI=1S/C15H25FN2O2/c1-12(11-20-3)18(7-8-19-2)10-14-6-4-5-13(9-17)15(14)16/h4-6,12H,7-11,17H2,1-3H3. The lowest BCUT2D eigenvalue weighted by molar-refractivity contribution is 0.0698. The lowest BCUT2D eigenvalue weighted by Gasteiger charge is -2.28. The molecule has 1 aromatic rings. The molecule has 0 heterocycles. The van der Waals surface area contributed by atoms with Crippen molar-refractivity contribution in [3.63, 3.8) is 0 Å². The van der Waals surface area contributed by atoms with Crippen molar-refractivity contribution in [2.45, 2.75) is 26.1 Å². The van der Waals surface area contributed by atoms with Gasteiger partial charge in [0.15, 0.2) is 0 Å². The van der Waals surface area contributed by atoms with Crippen LogP contribution in [0, 0.1) is 5.82 Å². The van der Waals surface area contributed by atoms with Crippen molar-refractivity contribution in [2.24, 2.45) is 5.73 Å². The Kier molecular flexibility index (Phi) is 7.69. The number of nitrogens with two attached hydrogens (primary N) is 1. The van der Waals surface area contributed by atoms with E-state index < -0.39 is 0 Å². The zero-order valence-corrected chi connectivity index (χ0v) is 12.6. The van der Waals surface area contributed by atoms with Crippen molar-refractivity contribution in [1.29, 1.82) is 0 Å². The molecule has 20 heavy (non-hydrogen) atoms. The van der Waals surface area contributed by atoms with Gasteiger partial charge in [0.25, 0.3) is 0 Å². The van der Waals surface area contributed by atoms with Crippen molar-refractivity contribution in [3.05, 3.63) is 35.1 Å². The number of ether oxygens (including phenoxy) is 2. The summed E-state index contributed by atoms with van der Waals surface area (Å²) in [5.41, 5.74) is 6.75. The highest BCUT2D eigenvalue weighted by Crippen LogP contribution is 2.16. The average Bonchev–Trinajstić information content (AvgIpc) is 2.45. The molecule has 1 atom stereocenters. The van der Waals surface area contributed by atoms with Gasteiger partial charge in [-0.05, 0) is 6.92 Å². The van der Waals surface area contributed by atoms with Gasteiger partial charge in [0.1, 0.15) is 5.82 Å². The third-order valence-electron chi connectivity index (χ3n) is 3.37. The molecule has 0 fully saturated rings. The van der Waals surface area contributed by atoms with Gasteiger partial charge < -0.3 is 15.2 Å². The topological polar surface area (TPSA) is 47.7 Å². The fraction of sp³-hybridized carbons (Fsp3) is 0.600. The Morgan fingerprint density at radius 3 is 2.55 bits per heavy atom. The van der Waals surface area contributed by atoms with Crippen LogP contribution in [-0.2, 0) is 22.6 Å². The molecule has 2 N–H and O–H groups in total. The SMILES string of the molecule is COCCN(Cc1cccc(CN)c1F)C(C)COC. The molecule has 0 saturated carbocycles. The molecule has 0 spiro atoms. The van der Waals surface area contributed by atoms with E-state index in [4.69, 9.17) is 15.2 Å². The summed E-state index contributed by atoms with van der Waals surface area (Å²) in [7, 11) is 3.33. The molecule has 5 heteroatoms. The molecule has 0 saturated heterocycles. The fourth-order valence-corrected chi connectivity index (χ4v) is 2.14. The van der Waals surface area contributed by atoms with Gasteiger partial charge in [-0.15, -0.1) is 0 Å². The van der Waals surface area contributed by atoms with E-state index in [0.29, 0.717) is 30.9 Å². The second-order valence-electron chi connectivity index (χ2n) is 4.86. The van der Waals surface area contributed by atoms with Crippen LogP contribution in [0.5, 0.6) is 0 Å². The van der Waals surface area contributed by atoms with E-state index in [-0.39, 0.29) is 18.4 Å². The van der Waals surface area contributed by atoms with Crippen molar-refractivity contribution < 1.29 is 13.9 Å². The zero-order valence-electron chi connectivity index (χ0n) is 12.6. The Morgan fingerprint density at radius 1 is 1.25 bits per heavy atom. The monoisotopic (exact) mass is 284 g/mol. The van der Waals surface area contributed by atoms with Crippen molar-refractivity contribution >= 4 is 0 Å². The van der Waals surface area contributed by atoms with Gasteiger partial charge in [-0.2, -0.15) is 0 Å². The van der Waals surface area contributed by atoms with Crippen LogP contribution in [0.2, 0.25) is 0 Å². The van der Waals surface area contributed by atoms with Crippen LogP contribution in [0.15, 0.2) is 18.2 Å². The Bertz CT molecular complexity index is 401. The van der Waals surface area contributed by atoms with Crippen LogP contribution in [0.3, 0.4) is 0 Å². The second kappa shape index (κ2) is 9.02. The first-order chi connectivity index (χ1) is 9.63. The fourth-order valence-electron chi connectivity index (χ4n) is 2.14. The third kappa shape index (κ3) is 4.83. The zero-order chi connectivity index (χ0) is 15.0. The minimum absolute atomic E-state index is 0.191. The Labute approximate surface area is 120 Å². The molecule has 0 bridgehead atoms. The largest absolute Gasteiger partial charge is 0.383 e. The van der Waals surface area contributed by atoms with Gasteiger partial charge in [-0.1, -0.05) is 18.2 Å². The average molecular weight is 284 g/mol. The van der Waals surface area contributed by atoms with Crippen LogP contribution in [0.25, 0.3) is 0 Å². The van der Waals surface area contributed by atoms with E-state index in [0.717, 1.165) is 6.54 Å². The number of halogens is 1. The van der Waals surface area contributed by atoms with Gasteiger partial charge in [-0.25, -0.2) is 4.39 Å². The number of rotatable bonds is 9. The number of hydrogen-bond donors (Lipinski definition) is 1. The number of nitrogens with zero attached hydrogens (tertiary/aromatic N) is 1. The quantitative estimate of drug-likeness (QED) is 0.751. The van der Waals surface area contributed by atoms with E-state index >= 15 is 0 Å². The van der Waals surface area contributed by atoms with Gasteiger partial charge in [0.2, 0.25) is 0 Å². The molecule has 0 amide bonds.